The predicted octanol–water partition coefficient (Wildman–Crippen LogP) is 7.03. The van der Waals surface area contributed by atoms with E-state index in [1.165, 1.54) is 24.3 Å². The molecule has 2 aromatic carbocycles. The van der Waals surface area contributed by atoms with E-state index in [9.17, 15) is 59.1 Å². The third-order valence-corrected chi connectivity index (χ3v) is 7.45. The molecule has 1 amide bonds. The summed E-state index contributed by atoms with van der Waals surface area (Å²) in [6.45, 7) is 0. The van der Waals surface area contributed by atoms with Crippen molar-refractivity contribution in [1.82, 2.24) is 15.1 Å². The van der Waals surface area contributed by atoms with Gasteiger partial charge in [-0.25, -0.2) is 9.07 Å². The summed E-state index contributed by atoms with van der Waals surface area (Å²) in [5.74, 6) is -3.71. The number of aliphatic hydroxyl groups is 1. The zero-order chi connectivity index (χ0) is 33.1. The second kappa shape index (κ2) is 10.7. The van der Waals surface area contributed by atoms with Crippen molar-refractivity contribution in [2.45, 2.75) is 41.9 Å². The average molecular weight is 679 g/mol. The largest absolute Gasteiger partial charge is 0.573 e. The minimum Gasteiger partial charge on any atom is -0.403 e. The molecule has 0 aliphatic heterocycles. The highest BCUT2D eigenvalue weighted by Crippen LogP contribution is 2.65. The number of hydrogen-bond acceptors (Lipinski definition) is 5. The summed E-state index contributed by atoms with van der Waals surface area (Å²) in [6, 6.07) is 8.47. The van der Waals surface area contributed by atoms with Crippen molar-refractivity contribution >= 4 is 29.1 Å². The van der Waals surface area contributed by atoms with Crippen LogP contribution >= 0.6 is 23.2 Å². The molecule has 0 bridgehead atoms. The lowest BCUT2D eigenvalue weighted by atomic mass is 9.93. The average Bonchev–Trinajstić information content (AvgIpc) is 3.48. The Kier molecular flexibility index (Phi) is 8.06. The number of nitrogens with one attached hydrogen (secondary N) is 1. The van der Waals surface area contributed by atoms with Crippen LogP contribution in [0.3, 0.4) is 0 Å². The third kappa shape index (κ3) is 5.73. The Labute approximate surface area is 249 Å². The molecular formula is C25H14Cl2F10N4O3. The van der Waals surface area contributed by atoms with Crippen LogP contribution in [0.1, 0.15) is 33.8 Å². The monoisotopic (exact) mass is 678 g/mol. The van der Waals surface area contributed by atoms with Gasteiger partial charge in [-0.2, -0.15) is 36.7 Å². The summed E-state index contributed by atoms with van der Waals surface area (Å²) in [6.07, 6.45) is -17.5. The van der Waals surface area contributed by atoms with Gasteiger partial charge >= 0.3 is 24.4 Å². The van der Waals surface area contributed by atoms with Crippen LogP contribution in [0.25, 0.3) is 5.69 Å². The van der Waals surface area contributed by atoms with E-state index >= 15 is 0 Å². The zero-order valence-corrected chi connectivity index (χ0v) is 22.6. The Hall–Kier alpha value is -3.75. The van der Waals surface area contributed by atoms with E-state index < -0.39 is 74.9 Å². The van der Waals surface area contributed by atoms with Gasteiger partial charge in [-0.15, -0.1) is 13.2 Å². The van der Waals surface area contributed by atoms with Crippen molar-refractivity contribution in [3.63, 3.8) is 0 Å². The van der Waals surface area contributed by atoms with Gasteiger partial charge in [0.2, 0.25) is 5.18 Å². The summed E-state index contributed by atoms with van der Waals surface area (Å²) in [7, 11) is 0. The fourth-order valence-electron chi connectivity index (χ4n) is 4.48. The number of amides is 1. The molecule has 0 spiro atoms. The Morgan fingerprint density at radius 3 is 2.18 bits per heavy atom. The van der Waals surface area contributed by atoms with Crippen LogP contribution in [0.2, 0.25) is 5.02 Å². The number of benzene rings is 2. The van der Waals surface area contributed by atoms with E-state index in [0.29, 0.717) is 4.68 Å². The molecule has 19 heteroatoms. The molecule has 44 heavy (non-hydrogen) atoms. The van der Waals surface area contributed by atoms with Crippen molar-refractivity contribution in [3.05, 3.63) is 76.6 Å². The Bertz CT molecular complexity index is 1600. The maximum absolute atomic E-state index is 14.7. The summed E-state index contributed by atoms with van der Waals surface area (Å²) < 4.78 is 138. The molecule has 236 valence electrons. The van der Waals surface area contributed by atoms with Crippen molar-refractivity contribution in [2.24, 2.45) is 5.41 Å². The quantitative estimate of drug-likeness (QED) is 0.121. The fourth-order valence-corrected chi connectivity index (χ4v) is 5.11. The first kappa shape index (κ1) is 33.1. The number of carbonyl (C=O) groups is 1. The van der Waals surface area contributed by atoms with Gasteiger partial charge in [0.05, 0.1) is 17.3 Å². The molecule has 7 nitrogen and oxygen atoms in total. The first-order valence-electron chi connectivity index (χ1n) is 11.7. The maximum Gasteiger partial charge on any atom is 0.573 e. The van der Waals surface area contributed by atoms with Crippen molar-refractivity contribution < 1.29 is 58.5 Å². The minimum absolute atomic E-state index is 0.0388. The number of hydrogen-bond donors (Lipinski definition) is 2. The van der Waals surface area contributed by atoms with Crippen LogP contribution in [0.5, 0.6) is 5.75 Å². The fraction of sp³-hybridized carbons (Fsp3) is 0.320. The van der Waals surface area contributed by atoms with E-state index in [1.54, 1.807) is 12.1 Å². The molecule has 1 saturated carbocycles. The number of rotatable bonds is 7. The SMILES string of the molecule is N#CC1(C(O)(Cl)NC(=O)c2ccccc2)CC1c1cnn(-c2c(Cl)cc(C(F)(C(F)(F)F)C(F)(F)F)cc2OC(F)(F)F)c1. The number of carbonyl (C=O) groups excluding carboxylic acids is 1. The van der Waals surface area contributed by atoms with Crippen molar-refractivity contribution in [3.8, 4) is 17.5 Å². The molecule has 1 heterocycles. The number of nitriles is 1. The van der Waals surface area contributed by atoms with E-state index in [2.05, 4.69) is 15.2 Å². The predicted molar refractivity (Wildman–Crippen MR) is 130 cm³/mol. The minimum atomic E-state index is -6.68. The zero-order valence-electron chi connectivity index (χ0n) is 21.1. The van der Waals surface area contributed by atoms with E-state index in [1.807, 2.05) is 0 Å². The lowest BCUT2D eigenvalue weighted by molar-refractivity contribution is -0.348. The maximum atomic E-state index is 14.7. The van der Waals surface area contributed by atoms with E-state index in [0.717, 1.165) is 12.4 Å². The number of alkyl halides is 11. The van der Waals surface area contributed by atoms with Gasteiger partial charge < -0.3 is 15.2 Å². The summed E-state index contributed by atoms with van der Waals surface area (Å²) in [5.41, 5.74) is -11.5. The summed E-state index contributed by atoms with van der Waals surface area (Å²) in [4.78, 5) is 12.5. The highest BCUT2D eigenvalue weighted by atomic mass is 35.5. The second-order valence-electron chi connectivity index (χ2n) is 9.51. The molecule has 4 rings (SSSR count). The van der Waals surface area contributed by atoms with Crippen LogP contribution in [0.4, 0.5) is 43.9 Å². The van der Waals surface area contributed by atoms with Crippen LogP contribution in [0, 0.1) is 16.7 Å². The van der Waals surface area contributed by atoms with Crippen molar-refractivity contribution in [1.29, 1.82) is 5.26 Å². The Balaban J connectivity index is 1.74. The van der Waals surface area contributed by atoms with Gasteiger partial charge in [-0.05, 0) is 36.2 Å². The molecule has 0 saturated heterocycles. The van der Waals surface area contributed by atoms with Crippen LogP contribution < -0.4 is 10.1 Å². The lowest BCUT2D eigenvalue weighted by Crippen LogP contribution is -2.51. The smallest absolute Gasteiger partial charge is 0.403 e. The lowest BCUT2D eigenvalue weighted by Gasteiger charge is -2.31. The van der Waals surface area contributed by atoms with Gasteiger partial charge in [-0.1, -0.05) is 41.4 Å². The molecule has 1 aliphatic rings. The molecule has 1 aromatic heterocycles. The molecule has 0 radical (unpaired) electrons. The number of aromatic nitrogens is 2. The topological polar surface area (TPSA) is 100 Å². The summed E-state index contributed by atoms with van der Waals surface area (Å²) >= 11 is 12.0. The van der Waals surface area contributed by atoms with Crippen LogP contribution in [0.15, 0.2) is 54.9 Å². The summed E-state index contributed by atoms with van der Waals surface area (Å²) in [5, 5.41) is 22.5. The Morgan fingerprint density at radius 2 is 1.66 bits per heavy atom. The highest BCUT2D eigenvalue weighted by Gasteiger charge is 2.74. The molecule has 3 aromatic rings. The molecule has 3 unspecified atom stereocenters. The third-order valence-electron chi connectivity index (χ3n) is 6.73. The molecule has 1 aliphatic carbocycles. The Morgan fingerprint density at radius 1 is 1.07 bits per heavy atom. The molecule has 3 atom stereocenters. The molecule has 1 fully saturated rings. The number of halogens is 12. The van der Waals surface area contributed by atoms with Gasteiger partial charge in [0.25, 0.3) is 5.91 Å². The van der Waals surface area contributed by atoms with E-state index in [4.69, 9.17) is 23.2 Å². The molecular weight excluding hydrogens is 665 g/mol. The van der Waals surface area contributed by atoms with Crippen LogP contribution in [-0.2, 0) is 5.67 Å². The first-order chi connectivity index (χ1) is 20.1. The van der Waals surface area contributed by atoms with Gasteiger partial charge in [0.1, 0.15) is 11.1 Å². The van der Waals surface area contributed by atoms with Gasteiger partial charge in [0, 0.05) is 23.2 Å². The van der Waals surface area contributed by atoms with Gasteiger partial charge in [-0.3, -0.25) is 4.79 Å². The second-order valence-corrected chi connectivity index (χ2v) is 10.5. The standard InChI is InChI=1S/C25H14Cl2F10N4O3/c26-16-6-14(21(28,23(29,30)31)24(32,33)34)7-17(44-25(35,36)37)18(16)41-10-13(9-39-41)15-8-20(15,11-38)22(27,43)40-19(42)12-4-2-1-3-5-12/h1-7,9-10,15,43H,8H2,(H,40,42). The van der Waals surface area contributed by atoms with Crippen molar-refractivity contribution in [2.75, 3.05) is 0 Å². The number of ether oxygens (including phenoxy) is 1. The number of nitrogens with zero attached hydrogens (tertiary/aromatic N) is 3. The molecule has 2 N–H and O–H groups in total. The highest BCUT2D eigenvalue weighted by molar-refractivity contribution is 6.32. The van der Waals surface area contributed by atoms with E-state index in [-0.39, 0.29) is 23.6 Å². The normalized spacial score (nSPS) is 20.4. The first-order valence-corrected chi connectivity index (χ1v) is 12.5. The van der Waals surface area contributed by atoms with Crippen LogP contribution in [-0.4, -0.2) is 44.7 Å². The van der Waals surface area contributed by atoms with Gasteiger partial charge in [0.15, 0.2) is 5.75 Å².